The number of hydrogen-bond donors (Lipinski definition) is 3. The Bertz CT molecular complexity index is 193. The average molecular weight is 189 g/mol. The summed E-state index contributed by atoms with van der Waals surface area (Å²) >= 11 is 0. The molecule has 76 valence electrons. The SMILES string of the molecule is CC(C)C[C@H](NOC(N)=O)C(N)=O. The van der Waals surface area contributed by atoms with Crippen LogP contribution >= 0.6 is 0 Å². The Morgan fingerprint density at radius 2 is 1.92 bits per heavy atom. The van der Waals surface area contributed by atoms with Crippen LogP contribution in [0, 0.1) is 5.92 Å². The van der Waals surface area contributed by atoms with E-state index in [2.05, 4.69) is 10.3 Å². The average Bonchev–Trinajstić information content (AvgIpc) is 1.96. The smallest absolute Gasteiger partial charge is 0.368 e. The summed E-state index contributed by atoms with van der Waals surface area (Å²) in [6.45, 7) is 3.84. The molecule has 0 spiro atoms. The molecular weight excluding hydrogens is 174 g/mol. The lowest BCUT2D eigenvalue weighted by atomic mass is 10.0. The highest BCUT2D eigenvalue weighted by molar-refractivity contribution is 5.79. The third-order valence-corrected chi connectivity index (χ3v) is 1.35. The first-order chi connectivity index (χ1) is 5.93. The number of hydrogen-bond acceptors (Lipinski definition) is 4. The van der Waals surface area contributed by atoms with Gasteiger partial charge in [-0.15, -0.1) is 5.48 Å². The second-order valence-corrected chi connectivity index (χ2v) is 3.12. The Morgan fingerprint density at radius 1 is 1.38 bits per heavy atom. The summed E-state index contributed by atoms with van der Waals surface area (Å²) in [4.78, 5) is 25.2. The Morgan fingerprint density at radius 3 is 2.23 bits per heavy atom. The number of nitrogens with one attached hydrogen (secondary N) is 1. The van der Waals surface area contributed by atoms with Gasteiger partial charge in [-0.2, -0.15) is 0 Å². The largest absolute Gasteiger partial charge is 0.423 e. The molecule has 0 saturated heterocycles. The van der Waals surface area contributed by atoms with Crippen molar-refractivity contribution in [1.29, 1.82) is 0 Å². The fourth-order valence-electron chi connectivity index (χ4n) is 0.823. The van der Waals surface area contributed by atoms with Crippen molar-refractivity contribution in [3.8, 4) is 0 Å². The lowest BCUT2D eigenvalue weighted by molar-refractivity contribution is -0.123. The van der Waals surface area contributed by atoms with Crippen molar-refractivity contribution in [1.82, 2.24) is 5.48 Å². The third kappa shape index (κ3) is 5.92. The van der Waals surface area contributed by atoms with E-state index in [1.807, 2.05) is 13.8 Å². The maximum absolute atomic E-state index is 10.8. The van der Waals surface area contributed by atoms with Gasteiger partial charge in [0.25, 0.3) is 0 Å². The molecule has 0 heterocycles. The summed E-state index contributed by atoms with van der Waals surface area (Å²) in [5, 5.41) is 0. The third-order valence-electron chi connectivity index (χ3n) is 1.35. The summed E-state index contributed by atoms with van der Waals surface area (Å²) in [6, 6.07) is -0.688. The van der Waals surface area contributed by atoms with Crippen LogP contribution in [0.4, 0.5) is 4.79 Å². The highest BCUT2D eigenvalue weighted by Gasteiger charge is 2.17. The van der Waals surface area contributed by atoms with Crippen LogP contribution in [-0.2, 0) is 9.63 Å². The molecule has 0 aliphatic heterocycles. The number of carbonyl (C=O) groups is 2. The van der Waals surface area contributed by atoms with Crippen LogP contribution in [0.3, 0.4) is 0 Å². The van der Waals surface area contributed by atoms with Crippen molar-refractivity contribution in [2.75, 3.05) is 0 Å². The fourth-order valence-corrected chi connectivity index (χ4v) is 0.823. The van der Waals surface area contributed by atoms with Gasteiger partial charge in [-0.1, -0.05) is 13.8 Å². The predicted molar refractivity (Wildman–Crippen MR) is 46.2 cm³/mol. The van der Waals surface area contributed by atoms with E-state index in [1.54, 1.807) is 0 Å². The van der Waals surface area contributed by atoms with Crippen LogP contribution in [-0.4, -0.2) is 18.0 Å². The molecule has 2 amide bonds. The standard InChI is InChI=1S/C7H15N3O3/c1-4(2)3-5(6(8)11)10-13-7(9)12/h4-5,10H,3H2,1-2H3,(H2,8,11)(H2,9,12)/t5-/m0/s1. The molecule has 0 rings (SSSR count). The van der Waals surface area contributed by atoms with Gasteiger partial charge in [0.15, 0.2) is 0 Å². The summed E-state index contributed by atoms with van der Waals surface area (Å²) in [6.07, 6.45) is -0.502. The second kappa shape index (κ2) is 5.36. The van der Waals surface area contributed by atoms with Crippen LogP contribution in [0.1, 0.15) is 20.3 Å². The molecule has 0 aliphatic rings. The van der Waals surface area contributed by atoms with Crippen molar-refractivity contribution < 1.29 is 14.4 Å². The minimum Gasteiger partial charge on any atom is -0.368 e. The van der Waals surface area contributed by atoms with Gasteiger partial charge >= 0.3 is 6.09 Å². The maximum Gasteiger partial charge on any atom is 0.423 e. The number of carbonyl (C=O) groups excluding carboxylic acids is 2. The van der Waals surface area contributed by atoms with Crippen LogP contribution in [0.25, 0.3) is 0 Å². The molecule has 6 heteroatoms. The molecule has 0 aliphatic carbocycles. The van der Waals surface area contributed by atoms with Gasteiger partial charge in [-0.25, -0.2) is 4.79 Å². The number of hydroxylamine groups is 1. The van der Waals surface area contributed by atoms with E-state index in [0.717, 1.165) is 0 Å². The molecule has 0 fully saturated rings. The van der Waals surface area contributed by atoms with E-state index in [0.29, 0.717) is 6.42 Å². The van der Waals surface area contributed by atoms with Gasteiger partial charge in [-0.05, 0) is 12.3 Å². The minimum atomic E-state index is -0.991. The van der Waals surface area contributed by atoms with E-state index in [1.165, 1.54) is 0 Å². The Hall–Kier alpha value is -1.30. The molecule has 0 radical (unpaired) electrons. The summed E-state index contributed by atoms with van der Waals surface area (Å²) in [5.74, 6) is -0.309. The molecule has 5 N–H and O–H groups in total. The van der Waals surface area contributed by atoms with Crippen LogP contribution < -0.4 is 16.9 Å². The molecule has 0 bridgehead atoms. The second-order valence-electron chi connectivity index (χ2n) is 3.12. The van der Waals surface area contributed by atoms with E-state index in [9.17, 15) is 9.59 Å². The quantitative estimate of drug-likeness (QED) is 0.506. The summed E-state index contributed by atoms with van der Waals surface area (Å²) in [5.41, 5.74) is 11.9. The van der Waals surface area contributed by atoms with Gasteiger partial charge in [0.2, 0.25) is 5.91 Å². The van der Waals surface area contributed by atoms with Crippen molar-refractivity contribution in [2.45, 2.75) is 26.3 Å². The molecule has 0 aromatic carbocycles. The minimum absolute atomic E-state index is 0.265. The van der Waals surface area contributed by atoms with Crippen molar-refractivity contribution in [3.05, 3.63) is 0 Å². The number of rotatable bonds is 5. The summed E-state index contributed by atoms with van der Waals surface area (Å²) in [7, 11) is 0. The zero-order valence-electron chi connectivity index (χ0n) is 7.74. The van der Waals surface area contributed by atoms with Gasteiger partial charge < -0.3 is 16.3 Å². The first-order valence-corrected chi connectivity index (χ1v) is 3.94. The maximum atomic E-state index is 10.8. The first kappa shape index (κ1) is 11.7. The monoisotopic (exact) mass is 189 g/mol. The van der Waals surface area contributed by atoms with E-state index in [-0.39, 0.29) is 5.92 Å². The summed E-state index contributed by atoms with van der Waals surface area (Å²) < 4.78 is 0. The normalized spacial score (nSPS) is 12.5. The van der Waals surface area contributed by atoms with Crippen molar-refractivity contribution >= 4 is 12.0 Å². The molecule has 0 aromatic heterocycles. The lowest BCUT2D eigenvalue weighted by Gasteiger charge is -2.15. The van der Waals surface area contributed by atoms with Gasteiger partial charge in [-0.3, -0.25) is 4.79 Å². The Labute approximate surface area is 76.5 Å². The highest BCUT2D eigenvalue weighted by Crippen LogP contribution is 2.03. The van der Waals surface area contributed by atoms with Gasteiger partial charge in [0.05, 0.1) is 0 Å². The number of nitrogens with two attached hydrogens (primary N) is 2. The Kier molecular flexibility index (Phi) is 4.83. The van der Waals surface area contributed by atoms with E-state index < -0.39 is 18.0 Å². The molecule has 13 heavy (non-hydrogen) atoms. The van der Waals surface area contributed by atoms with Gasteiger partial charge in [0, 0.05) is 0 Å². The zero-order valence-corrected chi connectivity index (χ0v) is 7.74. The number of amides is 2. The topological polar surface area (TPSA) is 107 Å². The van der Waals surface area contributed by atoms with Crippen LogP contribution in [0.2, 0.25) is 0 Å². The molecule has 0 unspecified atom stereocenters. The molecule has 6 nitrogen and oxygen atoms in total. The van der Waals surface area contributed by atoms with Crippen molar-refractivity contribution in [2.24, 2.45) is 17.4 Å². The number of primary amides is 2. The highest BCUT2D eigenvalue weighted by atomic mass is 16.7. The zero-order chi connectivity index (χ0) is 10.4. The van der Waals surface area contributed by atoms with E-state index >= 15 is 0 Å². The van der Waals surface area contributed by atoms with Crippen molar-refractivity contribution in [3.63, 3.8) is 0 Å². The molecular formula is C7H15N3O3. The predicted octanol–water partition coefficient (Wildman–Crippen LogP) is -0.514. The van der Waals surface area contributed by atoms with E-state index in [4.69, 9.17) is 11.5 Å². The molecule has 0 aromatic rings. The Balaban J connectivity index is 3.95. The van der Waals surface area contributed by atoms with Gasteiger partial charge in [0.1, 0.15) is 6.04 Å². The molecule has 1 atom stereocenters. The van der Waals surface area contributed by atoms with Crippen LogP contribution in [0.5, 0.6) is 0 Å². The fraction of sp³-hybridized carbons (Fsp3) is 0.714. The first-order valence-electron chi connectivity index (χ1n) is 3.94. The van der Waals surface area contributed by atoms with Crippen LogP contribution in [0.15, 0.2) is 0 Å². The lowest BCUT2D eigenvalue weighted by Crippen LogP contribution is -2.43. The molecule has 0 saturated carbocycles.